The van der Waals surface area contributed by atoms with Gasteiger partial charge in [-0.1, -0.05) is 35.7 Å². The van der Waals surface area contributed by atoms with Gasteiger partial charge in [-0.15, -0.1) is 0 Å². The van der Waals surface area contributed by atoms with E-state index in [0.717, 1.165) is 32.4 Å². The van der Waals surface area contributed by atoms with Crippen molar-refractivity contribution in [2.75, 3.05) is 13.1 Å². The third-order valence-electron chi connectivity index (χ3n) is 4.25. The molecule has 0 bridgehead atoms. The highest BCUT2D eigenvalue weighted by atomic mass is 35.5. The van der Waals surface area contributed by atoms with E-state index < -0.39 is 0 Å². The first-order valence-electron chi connectivity index (χ1n) is 7.65. The summed E-state index contributed by atoms with van der Waals surface area (Å²) in [7, 11) is 0. The van der Waals surface area contributed by atoms with Crippen LogP contribution >= 0.6 is 23.2 Å². The monoisotopic (exact) mass is 326 g/mol. The Labute approximate surface area is 135 Å². The van der Waals surface area contributed by atoms with Gasteiger partial charge in [0, 0.05) is 18.6 Å². The lowest BCUT2D eigenvalue weighted by atomic mass is 10.0. The van der Waals surface area contributed by atoms with Crippen molar-refractivity contribution in [2.45, 2.75) is 44.2 Å². The maximum Gasteiger partial charge on any atom is 0.257 e. The van der Waals surface area contributed by atoms with Crippen LogP contribution in [-0.4, -0.2) is 36.0 Å². The predicted molar refractivity (Wildman–Crippen MR) is 86.2 cm³/mol. The van der Waals surface area contributed by atoms with Gasteiger partial charge in [-0.2, -0.15) is 0 Å². The van der Waals surface area contributed by atoms with Gasteiger partial charge in [0.1, 0.15) is 0 Å². The molecule has 1 N–H and O–H groups in total. The first-order valence-corrected chi connectivity index (χ1v) is 8.41. The molecule has 114 valence electrons. The number of rotatable bonds is 4. The number of benzene rings is 1. The summed E-state index contributed by atoms with van der Waals surface area (Å²) in [5, 5.41) is 4.39. The minimum atomic E-state index is -0.0273. The lowest BCUT2D eigenvalue weighted by Crippen LogP contribution is -2.46. The molecule has 1 heterocycles. The maximum absolute atomic E-state index is 12.9. The van der Waals surface area contributed by atoms with Gasteiger partial charge in [0.25, 0.3) is 5.91 Å². The van der Waals surface area contributed by atoms with Gasteiger partial charge in [-0.25, -0.2) is 0 Å². The van der Waals surface area contributed by atoms with Crippen molar-refractivity contribution in [1.29, 1.82) is 0 Å². The molecule has 1 aliphatic heterocycles. The van der Waals surface area contributed by atoms with Gasteiger partial charge < -0.3 is 10.2 Å². The van der Waals surface area contributed by atoms with E-state index in [-0.39, 0.29) is 5.91 Å². The summed E-state index contributed by atoms with van der Waals surface area (Å²) in [5.41, 5.74) is 0.448. The van der Waals surface area contributed by atoms with Crippen molar-refractivity contribution in [1.82, 2.24) is 10.2 Å². The molecule has 0 aromatic heterocycles. The molecule has 1 amide bonds. The lowest BCUT2D eigenvalue weighted by Gasteiger charge is -2.31. The van der Waals surface area contributed by atoms with E-state index >= 15 is 0 Å². The third kappa shape index (κ3) is 3.53. The SMILES string of the molecule is O=C(c1c(Cl)cccc1Cl)N(CC1CCCCN1)C1CC1. The Balaban J connectivity index is 1.78. The molecule has 1 aliphatic carbocycles. The number of hydrogen-bond acceptors (Lipinski definition) is 2. The number of halogens is 2. The second-order valence-corrected chi connectivity index (χ2v) is 6.75. The number of piperidine rings is 1. The standard InChI is InChI=1S/C16H20Cl2N2O/c17-13-5-3-6-14(18)15(13)16(21)20(12-7-8-12)10-11-4-1-2-9-19-11/h3,5-6,11-12,19H,1-2,4,7-10H2. The highest BCUT2D eigenvalue weighted by molar-refractivity contribution is 6.39. The fourth-order valence-electron chi connectivity index (χ4n) is 2.95. The Morgan fingerprint density at radius 2 is 1.90 bits per heavy atom. The molecule has 2 fully saturated rings. The van der Waals surface area contributed by atoms with Crippen LogP contribution in [0.5, 0.6) is 0 Å². The van der Waals surface area contributed by atoms with E-state index in [4.69, 9.17) is 23.2 Å². The maximum atomic E-state index is 12.9. The van der Waals surface area contributed by atoms with E-state index in [0.29, 0.717) is 27.7 Å². The smallest absolute Gasteiger partial charge is 0.257 e. The molecule has 0 radical (unpaired) electrons. The fraction of sp³-hybridized carbons (Fsp3) is 0.562. The summed E-state index contributed by atoms with van der Waals surface area (Å²) in [6, 6.07) is 5.97. The van der Waals surface area contributed by atoms with Crippen LogP contribution in [-0.2, 0) is 0 Å². The molecular formula is C16H20Cl2N2O. The summed E-state index contributed by atoms with van der Waals surface area (Å²) in [6.07, 6.45) is 5.76. The Hall–Kier alpha value is -0.770. The topological polar surface area (TPSA) is 32.3 Å². The predicted octanol–water partition coefficient (Wildman–Crippen LogP) is 3.74. The molecule has 5 heteroatoms. The van der Waals surface area contributed by atoms with Crippen LogP contribution in [0.2, 0.25) is 10.0 Å². The van der Waals surface area contributed by atoms with E-state index in [9.17, 15) is 4.79 Å². The van der Waals surface area contributed by atoms with Gasteiger partial charge in [-0.3, -0.25) is 4.79 Å². The van der Waals surface area contributed by atoms with Crippen LogP contribution in [0.1, 0.15) is 42.5 Å². The number of carbonyl (C=O) groups is 1. The molecular weight excluding hydrogens is 307 g/mol. The molecule has 21 heavy (non-hydrogen) atoms. The average molecular weight is 327 g/mol. The average Bonchev–Trinajstić information content (AvgIpc) is 3.30. The largest absolute Gasteiger partial charge is 0.334 e. The molecule has 1 unspecified atom stereocenters. The van der Waals surface area contributed by atoms with Crippen LogP contribution in [0.4, 0.5) is 0 Å². The highest BCUT2D eigenvalue weighted by Gasteiger charge is 2.36. The first-order chi connectivity index (χ1) is 10.2. The van der Waals surface area contributed by atoms with Crippen molar-refractivity contribution in [3.63, 3.8) is 0 Å². The van der Waals surface area contributed by atoms with Gasteiger partial charge in [0.2, 0.25) is 0 Å². The normalized spacial score (nSPS) is 22.1. The first kappa shape index (κ1) is 15.1. The summed E-state index contributed by atoms with van der Waals surface area (Å²) in [4.78, 5) is 14.8. The molecule has 1 atom stereocenters. The number of hydrogen-bond donors (Lipinski definition) is 1. The molecule has 2 aliphatic rings. The van der Waals surface area contributed by atoms with Crippen molar-refractivity contribution in [3.05, 3.63) is 33.8 Å². The number of amides is 1. The van der Waals surface area contributed by atoms with Gasteiger partial charge >= 0.3 is 0 Å². The second-order valence-electron chi connectivity index (χ2n) is 5.93. The number of nitrogens with zero attached hydrogens (tertiary/aromatic N) is 1. The fourth-order valence-corrected chi connectivity index (χ4v) is 3.51. The molecule has 1 aromatic rings. The lowest BCUT2D eigenvalue weighted by molar-refractivity contribution is 0.0718. The van der Waals surface area contributed by atoms with Crippen LogP contribution in [0, 0.1) is 0 Å². The minimum Gasteiger partial charge on any atom is -0.334 e. The minimum absolute atomic E-state index is 0.0273. The van der Waals surface area contributed by atoms with Crippen LogP contribution in [0.15, 0.2) is 18.2 Å². The van der Waals surface area contributed by atoms with E-state index in [1.807, 2.05) is 4.90 Å². The zero-order valence-electron chi connectivity index (χ0n) is 11.9. The van der Waals surface area contributed by atoms with Crippen molar-refractivity contribution >= 4 is 29.1 Å². The van der Waals surface area contributed by atoms with Crippen LogP contribution < -0.4 is 5.32 Å². The molecule has 1 saturated heterocycles. The Morgan fingerprint density at radius 3 is 2.48 bits per heavy atom. The molecule has 3 nitrogen and oxygen atoms in total. The number of carbonyl (C=O) groups excluding carboxylic acids is 1. The highest BCUT2D eigenvalue weighted by Crippen LogP contribution is 2.32. The molecule has 1 aromatic carbocycles. The second kappa shape index (κ2) is 6.55. The zero-order valence-corrected chi connectivity index (χ0v) is 13.5. The number of nitrogens with one attached hydrogen (secondary N) is 1. The Kier molecular flexibility index (Phi) is 4.72. The van der Waals surface area contributed by atoms with E-state index in [2.05, 4.69) is 5.32 Å². The zero-order chi connectivity index (χ0) is 14.8. The molecule has 1 saturated carbocycles. The van der Waals surface area contributed by atoms with Gasteiger partial charge in [-0.05, 0) is 44.4 Å². The summed E-state index contributed by atoms with van der Waals surface area (Å²) in [6.45, 7) is 1.80. The molecule has 0 spiro atoms. The summed E-state index contributed by atoms with van der Waals surface area (Å²) in [5.74, 6) is -0.0273. The van der Waals surface area contributed by atoms with Crippen molar-refractivity contribution in [3.8, 4) is 0 Å². The van der Waals surface area contributed by atoms with Gasteiger partial charge in [0.05, 0.1) is 15.6 Å². The Morgan fingerprint density at radius 1 is 1.19 bits per heavy atom. The van der Waals surface area contributed by atoms with E-state index in [1.165, 1.54) is 12.8 Å². The van der Waals surface area contributed by atoms with E-state index in [1.54, 1.807) is 18.2 Å². The summed E-state index contributed by atoms with van der Waals surface area (Å²) >= 11 is 12.4. The van der Waals surface area contributed by atoms with Gasteiger partial charge in [0.15, 0.2) is 0 Å². The van der Waals surface area contributed by atoms with Crippen molar-refractivity contribution < 1.29 is 4.79 Å². The third-order valence-corrected chi connectivity index (χ3v) is 4.88. The molecule has 3 rings (SSSR count). The van der Waals surface area contributed by atoms with Crippen LogP contribution in [0.25, 0.3) is 0 Å². The Bertz CT molecular complexity index is 505. The van der Waals surface area contributed by atoms with Crippen molar-refractivity contribution in [2.24, 2.45) is 0 Å². The quantitative estimate of drug-likeness (QED) is 0.914. The summed E-state index contributed by atoms with van der Waals surface area (Å²) < 4.78 is 0. The van der Waals surface area contributed by atoms with Crippen LogP contribution in [0.3, 0.4) is 0 Å².